The Morgan fingerprint density at radius 3 is 2.36 bits per heavy atom. The highest BCUT2D eigenvalue weighted by molar-refractivity contribution is 7.99. The lowest BCUT2D eigenvalue weighted by molar-refractivity contribution is -0.139. The van der Waals surface area contributed by atoms with E-state index in [1.807, 2.05) is 62.4 Å². The SMILES string of the molecule is CC[C@@H](C(=O)NC)N(Cc1ccccc1C)C(=O)CSCc1ccccc1Cl. The first-order valence-electron chi connectivity index (χ1n) is 9.34. The Morgan fingerprint density at radius 2 is 1.75 bits per heavy atom. The van der Waals surface area contributed by atoms with E-state index in [1.54, 1.807) is 11.9 Å². The number of nitrogens with one attached hydrogen (secondary N) is 1. The predicted molar refractivity (Wildman–Crippen MR) is 117 cm³/mol. The third-order valence-corrected chi connectivity index (χ3v) is 6.01. The highest BCUT2D eigenvalue weighted by atomic mass is 35.5. The number of amides is 2. The molecule has 0 aliphatic rings. The zero-order valence-electron chi connectivity index (χ0n) is 16.6. The van der Waals surface area contributed by atoms with Gasteiger partial charge in [0.25, 0.3) is 0 Å². The zero-order valence-corrected chi connectivity index (χ0v) is 18.1. The summed E-state index contributed by atoms with van der Waals surface area (Å²) in [4.78, 5) is 27.1. The molecule has 0 aliphatic carbocycles. The van der Waals surface area contributed by atoms with Crippen LogP contribution in [0.25, 0.3) is 0 Å². The summed E-state index contributed by atoms with van der Waals surface area (Å²) in [6, 6.07) is 15.1. The number of aryl methyl sites for hydroxylation is 1. The Labute approximate surface area is 176 Å². The van der Waals surface area contributed by atoms with Crippen LogP contribution in [0.1, 0.15) is 30.0 Å². The van der Waals surface area contributed by atoms with Crippen molar-refractivity contribution in [2.75, 3.05) is 12.8 Å². The van der Waals surface area contributed by atoms with Gasteiger partial charge in [0.2, 0.25) is 11.8 Å². The standard InChI is InChI=1S/C22H27ClN2O2S/c1-4-20(22(27)24-3)25(13-17-10-6-5-9-16(17)2)21(26)15-28-14-18-11-7-8-12-19(18)23/h5-12,20H,4,13-15H2,1-3H3,(H,24,27)/t20-/m0/s1. The van der Waals surface area contributed by atoms with Gasteiger partial charge in [0.05, 0.1) is 5.75 Å². The summed E-state index contributed by atoms with van der Waals surface area (Å²) in [6.45, 7) is 4.37. The van der Waals surface area contributed by atoms with Gasteiger partial charge in [-0.3, -0.25) is 9.59 Å². The summed E-state index contributed by atoms with van der Waals surface area (Å²) in [5, 5.41) is 3.39. The average Bonchev–Trinajstić information content (AvgIpc) is 2.70. The minimum atomic E-state index is -0.488. The van der Waals surface area contributed by atoms with Gasteiger partial charge in [-0.2, -0.15) is 0 Å². The molecule has 0 unspecified atom stereocenters. The van der Waals surface area contributed by atoms with Gasteiger partial charge in [0, 0.05) is 24.4 Å². The number of halogens is 1. The number of likely N-dealkylation sites (N-methyl/N-ethyl adjacent to an activating group) is 1. The van der Waals surface area contributed by atoms with Crippen LogP contribution < -0.4 is 5.32 Å². The van der Waals surface area contributed by atoms with Crippen LogP contribution in [-0.4, -0.2) is 35.6 Å². The maximum atomic E-state index is 13.0. The monoisotopic (exact) mass is 418 g/mol. The van der Waals surface area contributed by atoms with Crippen molar-refractivity contribution in [3.63, 3.8) is 0 Å². The van der Waals surface area contributed by atoms with E-state index in [0.717, 1.165) is 16.7 Å². The van der Waals surface area contributed by atoms with Gasteiger partial charge in [-0.15, -0.1) is 11.8 Å². The molecule has 0 fully saturated rings. The lowest BCUT2D eigenvalue weighted by Gasteiger charge is -2.30. The second-order valence-corrected chi connectivity index (χ2v) is 7.96. The van der Waals surface area contributed by atoms with Crippen LogP contribution in [0.15, 0.2) is 48.5 Å². The minimum absolute atomic E-state index is 0.0456. The Hall–Kier alpha value is -1.98. The van der Waals surface area contributed by atoms with Gasteiger partial charge in [0.15, 0.2) is 0 Å². The van der Waals surface area contributed by atoms with Crippen LogP contribution in [0, 0.1) is 6.92 Å². The third kappa shape index (κ3) is 6.01. The summed E-state index contributed by atoms with van der Waals surface area (Å²) in [7, 11) is 1.60. The first kappa shape index (κ1) is 22.3. The van der Waals surface area contributed by atoms with Crippen molar-refractivity contribution in [1.29, 1.82) is 0 Å². The van der Waals surface area contributed by atoms with E-state index < -0.39 is 6.04 Å². The van der Waals surface area contributed by atoms with Crippen LogP contribution in [0.2, 0.25) is 5.02 Å². The lowest BCUT2D eigenvalue weighted by Crippen LogP contribution is -2.48. The van der Waals surface area contributed by atoms with Gasteiger partial charge in [-0.1, -0.05) is 61.0 Å². The Bertz CT molecular complexity index is 813. The fourth-order valence-electron chi connectivity index (χ4n) is 3.00. The molecule has 0 aromatic heterocycles. The van der Waals surface area contributed by atoms with Gasteiger partial charge < -0.3 is 10.2 Å². The van der Waals surface area contributed by atoms with Gasteiger partial charge in [-0.25, -0.2) is 0 Å². The summed E-state index contributed by atoms with van der Waals surface area (Å²) < 4.78 is 0. The molecule has 0 saturated heterocycles. The number of carbonyl (C=O) groups excluding carboxylic acids is 2. The van der Waals surface area contributed by atoms with Crippen LogP contribution in [0.3, 0.4) is 0 Å². The molecule has 0 bridgehead atoms. The van der Waals surface area contributed by atoms with Gasteiger partial charge in [0.1, 0.15) is 6.04 Å². The van der Waals surface area contributed by atoms with Gasteiger partial charge in [-0.05, 0) is 36.1 Å². The second-order valence-electron chi connectivity index (χ2n) is 6.57. The molecule has 1 N–H and O–H groups in total. The molecule has 6 heteroatoms. The molecule has 0 spiro atoms. The Kier molecular flexibility index (Phi) is 8.87. The molecule has 2 amide bonds. The molecule has 2 aromatic rings. The fraction of sp³-hybridized carbons (Fsp3) is 0.364. The predicted octanol–water partition coefficient (Wildman–Crippen LogP) is 4.44. The smallest absolute Gasteiger partial charge is 0.242 e. The molecular weight excluding hydrogens is 392 g/mol. The van der Waals surface area contributed by atoms with E-state index in [-0.39, 0.29) is 11.8 Å². The van der Waals surface area contributed by atoms with Crippen molar-refractivity contribution < 1.29 is 9.59 Å². The van der Waals surface area contributed by atoms with E-state index in [9.17, 15) is 9.59 Å². The molecule has 4 nitrogen and oxygen atoms in total. The quantitative estimate of drug-likeness (QED) is 0.655. The van der Waals surface area contributed by atoms with Crippen molar-refractivity contribution in [3.05, 3.63) is 70.2 Å². The van der Waals surface area contributed by atoms with Crippen LogP contribution in [-0.2, 0) is 21.9 Å². The highest BCUT2D eigenvalue weighted by Crippen LogP contribution is 2.22. The number of hydrogen-bond acceptors (Lipinski definition) is 3. The van der Waals surface area contributed by atoms with E-state index in [0.29, 0.717) is 29.5 Å². The first-order chi connectivity index (χ1) is 13.5. The molecule has 2 rings (SSSR count). The Morgan fingerprint density at radius 1 is 1.11 bits per heavy atom. The second kappa shape index (κ2) is 11.1. The summed E-state index contributed by atoms with van der Waals surface area (Å²) >= 11 is 7.71. The lowest BCUT2D eigenvalue weighted by atomic mass is 10.1. The number of rotatable bonds is 9. The Balaban J connectivity index is 2.12. The molecule has 2 aromatic carbocycles. The largest absolute Gasteiger partial charge is 0.357 e. The summed E-state index contributed by atoms with van der Waals surface area (Å²) in [5.74, 6) is 0.765. The molecular formula is C22H27ClN2O2S. The van der Waals surface area contributed by atoms with Crippen LogP contribution in [0.5, 0.6) is 0 Å². The van der Waals surface area contributed by atoms with E-state index in [2.05, 4.69) is 5.32 Å². The average molecular weight is 419 g/mol. The normalized spacial score (nSPS) is 11.7. The van der Waals surface area contributed by atoms with Crippen LogP contribution in [0.4, 0.5) is 0 Å². The maximum Gasteiger partial charge on any atom is 0.242 e. The van der Waals surface area contributed by atoms with Crippen molar-refractivity contribution in [2.45, 2.75) is 38.6 Å². The maximum absolute atomic E-state index is 13.0. The number of hydrogen-bond donors (Lipinski definition) is 1. The molecule has 0 aliphatic heterocycles. The molecule has 0 saturated carbocycles. The van der Waals surface area contributed by atoms with Crippen LogP contribution >= 0.6 is 23.4 Å². The van der Waals surface area contributed by atoms with Crippen molar-refractivity contribution in [1.82, 2.24) is 10.2 Å². The number of benzene rings is 2. The third-order valence-electron chi connectivity index (χ3n) is 4.68. The minimum Gasteiger partial charge on any atom is -0.357 e. The molecule has 150 valence electrons. The number of nitrogens with zero attached hydrogens (tertiary/aromatic N) is 1. The van der Waals surface area contributed by atoms with Crippen molar-refractivity contribution >= 4 is 35.2 Å². The highest BCUT2D eigenvalue weighted by Gasteiger charge is 2.28. The molecule has 0 radical (unpaired) electrons. The fourth-order valence-corrected chi connectivity index (χ4v) is 4.20. The number of thioether (sulfide) groups is 1. The van der Waals surface area contributed by atoms with Gasteiger partial charge >= 0.3 is 0 Å². The van der Waals surface area contributed by atoms with E-state index >= 15 is 0 Å². The van der Waals surface area contributed by atoms with Crippen molar-refractivity contribution in [2.24, 2.45) is 0 Å². The molecule has 1 atom stereocenters. The topological polar surface area (TPSA) is 49.4 Å². The van der Waals surface area contributed by atoms with Crippen molar-refractivity contribution in [3.8, 4) is 0 Å². The van der Waals surface area contributed by atoms with E-state index in [1.165, 1.54) is 11.8 Å². The molecule has 0 heterocycles. The summed E-state index contributed by atoms with van der Waals surface area (Å²) in [5.41, 5.74) is 3.16. The number of carbonyl (C=O) groups is 2. The summed E-state index contributed by atoms with van der Waals surface area (Å²) in [6.07, 6.45) is 0.562. The first-order valence-corrected chi connectivity index (χ1v) is 10.9. The zero-order chi connectivity index (χ0) is 20.5. The van der Waals surface area contributed by atoms with E-state index in [4.69, 9.17) is 11.6 Å². The molecule has 28 heavy (non-hydrogen) atoms.